The minimum absolute atomic E-state index is 0.559. The van der Waals surface area contributed by atoms with Gasteiger partial charge in [-0.3, -0.25) is 0 Å². The second kappa shape index (κ2) is 6.17. The van der Waals surface area contributed by atoms with Crippen molar-refractivity contribution in [1.29, 1.82) is 0 Å². The first kappa shape index (κ1) is 14.6. The summed E-state index contributed by atoms with van der Waals surface area (Å²) in [6.45, 7) is 2.32. The molecular weight excluding hydrogens is 312 g/mol. The molecule has 2 nitrogen and oxygen atoms in total. The third-order valence-electron chi connectivity index (χ3n) is 5.07. The molecule has 3 unspecified atom stereocenters. The molecule has 2 bridgehead atoms. The van der Waals surface area contributed by atoms with Gasteiger partial charge in [-0.05, 0) is 63.8 Å². The van der Waals surface area contributed by atoms with Crippen molar-refractivity contribution in [1.82, 2.24) is 10.2 Å². The zero-order valence-electron chi connectivity index (χ0n) is 12.5. The number of benzene rings is 1. The highest BCUT2D eigenvalue weighted by Gasteiger charge is 2.38. The van der Waals surface area contributed by atoms with Crippen molar-refractivity contribution in [2.45, 2.75) is 63.2 Å². The fourth-order valence-corrected chi connectivity index (χ4v) is 4.25. The van der Waals surface area contributed by atoms with Crippen LogP contribution in [0.3, 0.4) is 0 Å². The lowest BCUT2D eigenvalue weighted by Gasteiger charge is -2.38. The van der Waals surface area contributed by atoms with Crippen molar-refractivity contribution in [3.8, 4) is 0 Å². The van der Waals surface area contributed by atoms with E-state index in [1.165, 1.54) is 31.2 Å². The molecule has 1 aromatic rings. The largest absolute Gasteiger partial charge is 0.311 e. The average molecular weight is 337 g/mol. The molecule has 110 valence electrons. The molecule has 1 N–H and O–H groups in total. The second-order valence-electron chi connectivity index (χ2n) is 6.62. The van der Waals surface area contributed by atoms with Gasteiger partial charge in [0.25, 0.3) is 0 Å². The van der Waals surface area contributed by atoms with Crippen molar-refractivity contribution in [3.63, 3.8) is 0 Å². The molecular formula is C17H25BrN2. The standard InChI is InChI=1S/C17H25BrN2/c1-12(9-13-3-5-14(18)6-4-13)19-15-10-16-7-8-17(11-15)20(16)2/h3-6,12,15-17,19H,7-11H2,1-2H3. The molecule has 0 spiro atoms. The van der Waals surface area contributed by atoms with E-state index >= 15 is 0 Å². The van der Waals surface area contributed by atoms with Crippen LogP contribution in [0, 0.1) is 0 Å². The van der Waals surface area contributed by atoms with E-state index in [4.69, 9.17) is 0 Å². The molecule has 0 amide bonds. The van der Waals surface area contributed by atoms with E-state index < -0.39 is 0 Å². The lowest BCUT2D eigenvalue weighted by molar-refractivity contribution is 0.144. The highest BCUT2D eigenvalue weighted by atomic mass is 79.9. The molecule has 3 heteroatoms. The zero-order chi connectivity index (χ0) is 14.1. The van der Waals surface area contributed by atoms with E-state index in [1.54, 1.807) is 0 Å². The maximum atomic E-state index is 3.86. The van der Waals surface area contributed by atoms with Crippen molar-refractivity contribution in [2.24, 2.45) is 0 Å². The van der Waals surface area contributed by atoms with Gasteiger partial charge >= 0.3 is 0 Å². The summed E-state index contributed by atoms with van der Waals surface area (Å²) in [7, 11) is 2.31. The summed E-state index contributed by atoms with van der Waals surface area (Å²) in [6.07, 6.45) is 6.59. The summed E-state index contributed by atoms with van der Waals surface area (Å²) in [5.41, 5.74) is 1.42. The summed E-state index contributed by atoms with van der Waals surface area (Å²) in [6, 6.07) is 11.6. The summed E-state index contributed by atoms with van der Waals surface area (Å²) >= 11 is 3.50. The Morgan fingerprint density at radius 2 is 1.80 bits per heavy atom. The summed E-state index contributed by atoms with van der Waals surface area (Å²) in [4.78, 5) is 2.61. The minimum Gasteiger partial charge on any atom is -0.311 e. The number of fused-ring (bicyclic) bond motifs is 2. The molecule has 0 saturated carbocycles. The Balaban J connectivity index is 1.52. The number of nitrogens with zero attached hydrogens (tertiary/aromatic N) is 1. The van der Waals surface area contributed by atoms with E-state index in [0.29, 0.717) is 12.1 Å². The predicted molar refractivity (Wildman–Crippen MR) is 88.0 cm³/mol. The summed E-state index contributed by atoms with van der Waals surface area (Å²) < 4.78 is 1.16. The molecule has 20 heavy (non-hydrogen) atoms. The Labute approximate surface area is 131 Å². The van der Waals surface area contributed by atoms with Crippen LogP contribution in [-0.2, 0) is 6.42 Å². The molecule has 2 aliphatic heterocycles. The number of rotatable bonds is 4. The maximum Gasteiger partial charge on any atom is 0.0175 e. The van der Waals surface area contributed by atoms with Gasteiger partial charge < -0.3 is 10.2 Å². The lowest BCUT2D eigenvalue weighted by atomic mass is 9.96. The number of piperidine rings is 1. The molecule has 2 saturated heterocycles. The first-order chi connectivity index (χ1) is 9.61. The van der Waals surface area contributed by atoms with E-state index in [2.05, 4.69) is 64.4 Å². The van der Waals surface area contributed by atoms with Crippen LogP contribution in [-0.4, -0.2) is 36.1 Å². The van der Waals surface area contributed by atoms with Crippen LogP contribution in [0.4, 0.5) is 0 Å². The summed E-state index contributed by atoms with van der Waals surface area (Å²) in [5, 5.41) is 3.86. The predicted octanol–water partition coefficient (Wildman–Crippen LogP) is 3.59. The van der Waals surface area contributed by atoms with Crippen LogP contribution in [0.5, 0.6) is 0 Å². The normalized spacial score (nSPS) is 31.4. The molecule has 2 fully saturated rings. The molecule has 0 aromatic heterocycles. The van der Waals surface area contributed by atoms with Gasteiger partial charge in [0.1, 0.15) is 0 Å². The fourth-order valence-electron chi connectivity index (χ4n) is 3.98. The van der Waals surface area contributed by atoms with Gasteiger partial charge in [-0.1, -0.05) is 28.1 Å². The van der Waals surface area contributed by atoms with Crippen LogP contribution < -0.4 is 5.32 Å². The highest BCUT2D eigenvalue weighted by Crippen LogP contribution is 2.34. The van der Waals surface area contributed by atoms with Crippen LogP contribution in [0.15, 0.2) is 28.7 Å². The Kier molecular flexibility index (Phi) is 4.49. The summed E-state index contributed by atoms with van der Waals surface area (Å²) in [5.74, 6) is 0. The molecule has 0 aliphatic carbocycles. The van der Waals surface area contributed by atoms with Crippen LogP contribution >= 0.6 is 15.9 Å². The van der Waals surface area contributed by atoms with Crippen LogP contribution in [0.1, 0.15) is 38.2 Å². The maximum absolute atomic E-state index is 3.86. The van der Waals surface area contributed by atoms with E-state index in [9.17, 15) is 0 Å². The van der Waals surface area contributed by atoms with Gasteiger partial charge in [0.05, 0.1) is 0 Å². The third kappa shape index (κ3) is 3.26. The van der Waals surface area contributed by atoms with Crippen LogP contribution in [0.2, 0.25) is 0 Å². The van der Waals surface area contributed by atoms with Gasteiger partial charge in [-0.25, -0.2) is 0 Å². The number of hydrogen-bond acceptors (Lipinski definition) is 2. The lowest BCUT2D eigenvalue weighted by Crippen LogP contribution is -2.49. The molecule has 3 atom stereocenters. The SMILES string of the molecule is CC(Cc1ccc(Br)cc1)NC1CC2CCC(C1)N2C. The van der Waals surface area contributed by atoms with E-state index in [1.807, 2.05) is 0 Å². The topological polar surface area (TPSA) is 15.3 Å². The van der Waals surface area contributed by atoms with Crippen molar-refractivity contribution in [3.05, 3.63) is 34.3 Å². The number of hydrogen-bond donors (Lipinski definition) is 1. The van der Waals surface area contributed by atoms with Gasteiger partial charge in [0.2, 0.25) is 0 Å². The van der Waals surface area contributed by atoms with Gasteiger partial charge in [0.15, 0.2) is 0 Å². The highest BCUT2D eigenvalue weighted by molar-refractivity contribution is 9.10. The number of nitrogens with one attached hydrogen (secondary N) is 1. The van der Waals surface area contributed by atoms with E-state index in [0.717, 1.165) is 23.0 Å². The Morgan fingerprint density at radius 1 is 1.20 bits per heavy atom. The molecule has 1 aromatic carbocycles. The van der Waals surface area contributed by atoms with Crippen molar-refractivity contribution >= 4 is 15.9 Å². The first-order valence-electron chi connectivity index (χ1n) is 7.84. The van der Waals surface area contributed by atoms with Crippen LogP contribution in [0.25, 0.3) is 0 Å². The van der Waals surface area contributed by atoms with E-state index in [-0.39, 0.29) is 0 Å². The molecule has 2 heterocycles. The molecule has 0 radical (unpaired) electrons. The average Bonchev–Trinajstić information content (AvgIpc) is 2.64. The molecule has 2 aliphatic rings. The number of halogens is 1. The quantitative estimate of drug-likeness (QED) is 0.903. The van der Waals surface area contributed by atoms with Crippen molar-refractivity contribution in [2.75, 3.05) is 7.05 Å². The fraction of sp³-hybridized carbons (Fsp3) is 0.647. The molecule has 3 rings (SSSR count). The smallest absolute Gasteiger partial charge is 0.0175 e. The first-order valence-corrected chi connectivity index (χ1v) is 8.63. The third-order valence-corrected chi connectivity index (χ3v) is 5.60. The second-order valence-corrected chi connectivity index (χ2v) is 7.53. The van der Waals surface area contributed by atoms with Gasteiger partial charge in [0, 0.05) is 28.6 Å². The Hall–Kier alpha value is -0.380. The Morgan fingerprint density at radius 3 is 2.40 bits per heavy atom. The monoisotopic (exact) mass is 336 g/mol. The van der Waals surface area contributed by atoms with Crippen molar-refractivity contribution < 1.29 is 0 Å². The van der Waals surface area contributed by atoms with Gasteiger partial charge in [-0.15, -0.1) is 0 Å². The minimum atomic E-state index is 0.559. The zero-order valence-corrected chi connectivity index (χ0v) is 14.1. The Bertz CT molecular complexity index is 431. The van der Waals surface area contributed by atoms with Gasteiger partial charge in [-0.2, -0.15) is 0 Å².